The van der Waals surface area contributed by atoms with Crippen molar-refractivity contribution in [2.75, 3.05) is 6.61 Å². The number of hydrogen-bond acceptors (Lipinski definition) is 3. The van der Waals surface area contributed by atoms with E-state index in [0.717, 1.165) is 0 Å². The van der Waals surface area contributed by atoms with Crippen molar-refractivity contribution in [1.29, 1.82) is 0 Å². The van der Waals surface area contributed by atoms with Crippen molar-refractivity contribution in [2.24, 2.45) is 0 Å². The summed E-state index contributed by atoms with van der Waals surface area (Å²) in [6.45, 7) is 5.79. The van der Waals surface area contributed by atoms with E-state index in [1.54, 1.807) is 30.3 Å². The number of rotatable bonds is 6. The fourth-order valence-corrected chi connectivity index (χ4v) is 1.28. The van der Waals surface area contributed by atoms with Crippen molar-refractivity contribution < 1.29 is 14.3 Å². The van der Waals surface area contributed by atoms with Crippen LogP contribution < -0.4 is 0 Å². The Morgan fingerprint density at radius 2 is 2.18 bits per heavy atom. The first-order valence-electron chi connectivity index (χ1n) is 5.49. The van der Waals surface area contributed by atoms with E-state index in [1.165, 1.54) is 0 Å². The van der Waals surface area contributed by atoms with Gasteiger partial charge in [0.1, 0.15) is 0 Å². The summed E-state index contributed by atoms with van der Waals surface area (Å²) < 4.78 is 10.5. The Kier molecular flexibility index (Phi) is 5.80. The van der Waals surface area contributed by atoms with Gasteiger partial charge in [0.2, 0.25) is 6.29 Å². The molecule has 3 heteroatoms. The first-order valence-corrected chi connectivity index (χ1v) is 5.49. The molecule has 0 fully saturated rings. The SMILES string of the molecule is C=C=CCC(OCC)OC(=O)c1ccccc1. The molecule has 0 aliphatic rings. The standard InChI is InChI=1S/C14H16O3/c1-3-5-11-13(16-4-2)17-14(15)12-9-7-6-8-10-12/h5-10,13H,1,4,11H2,2H3. The van der Waals surface area contributed by atoms with Crippen molar-refractivity contribution in [3.63, 3.8) is 0 Å². The smallest absolute Gasteiger partial charge is 0.340 e. The maximum absolute atomic E-state index is 11.7. The minimum atomic E-state index is -0.582. The average molecular weight is 232 g/mol. The molecule has 90 valence electrons. The second-order valence-electron chi connectivity index (χ2n) is 3.30. The molecule has 1 aromatic carbocycles. The van der Waals surface area contributed by atoms with Gasteiger partial charge in [-0.2, -0.15) is 0 Å². The summed E-state index contributed by atoms with van der Waals surface area (Å²) in [5.41, 5.74) is 3.14. The van der Waals surface area contributed by atoms with Gasteiger partial charge in [0.25, 0.3) is 0 Å². The molecule has 1 rings (SSSR count). The number of ether oxygens (including phenoxy) is 2. The summed E-state index contributed by atoms with van der Waals surface area (Å²) in [5.74, 6) is -0.387. The van der Waals surface area contributed by atoms with Gasteiger partial charge in [-0.1, -0.05) is 24.8 Å². The summed E-state index contributed by atoms with van der Waals surface area (Å²) in [7, 11) is 0. The third-order valence-electron chi connectivity index (χ3n) is 2.06. The maximum atomic E-state index is 11.7. The predicted molar refractivity (Wildman–Crippen MR) is 65.6 cm³/mol. The van der Waals surface area contributed by atoms with Gasteiger partial charge in [-0.25, -0.2) is 4.79 Å². The number of carbonyl (C=O) groups is 1. The maximum Gasteiger partial charge on any atom is 0.340 e. The van der Waals surface area contributed by atoms with E-state index in [4.69, 9.17) is 9.47 Å². The lowest BCUT2D eigenvalue weighted by Crippen LogP contribution is -2.21. The highest BCUT2D eigenvalue weighted by molar-refractivity contribution is 5.89. The normalized spacial score (nSPS) is 11.4. The molecule has 3 nitrogen and oxygen atoms in total. The Morgan fingerprint density at radius 1 is 1.47 bits per heavy atom. The molecule has 0 saturated heterocycles. The van der Waals surface area contributed by atoms with E-state index in [0.29, 0.717) is 18.6 Å². The van der Waals surface area contributed by atoms with Gasteiger partial charge >= 0.3 is 5.97 Å². The third kappa shape index (κ3) is 4.68. The molecule has 0 spiro atoms. The Hall–Kier alpha value is -1.83. The van der Waals surface area contributed by atoms with Crippen LogP contribution in [0.3, 0.4) is 0 Å². The van der Waals surface area contributed by atoms with Crippen molar-refractivity contribution in [2.45, 2.75) is 19.6 Å². The van der Waals surface area contributed by atoms with Gasteiger partial charge in [0, 0.05) is 13.0 Å². The van der Waals surface area contributed by atoms with E-state index in [-0.39, 0.29) is 5.97 Å². The van der Waals surface area contributed by atoms with Crippen LogP contribution in [0.2, 0.25) is 0 Å². The number of benzene rings is 1. The van der Waals surface area contributed by atoms with Crippen LogP contribution in [-0.2, 0) is 9.47 Å². The first-order chi connectivity index (χ1) is 8.27. The van der Waals surface area contributed by atoms with Crippen LogP contribution >= 0.6 is 0 Å². The lowest BCUT2D eigenvalue weighted by atomic mass is 10.2. The number of hydrogen-bond donors (Lipinski definition) is 0. The largest absolute Gasteiger partial charge is 0.432 e. The molecule has 0 radical (unpaired) electrons. The minimum absolute atomic E-state index is 0.387. The Labute approximate surface area is 101 Å². The fourth-order valence-electron chi connectivity index (χ4n) is 1.28. The monoisotopic (exact) mass is 232 g/mol. The van der Waals surface area contributed by atoms with Crippen molar-refractivity contribution >= 4 is 5.97 Å². The number of carbonyl (C=O) groups excluding carboxylic acids is 1. The van der Waals surface area contributed by atoms with Gasteiger partial charge in [-0.15, -0.1) is 5.73 Å². The van der Waals surface area contributed by atoms with E-state index >= 15 is 0 Å². The molecule has 1 atom stereocenters. The lowest BCUT2D eigenvalue weighted by molar-refractivity contribution is -0.103. The van der Waals surface area contributed by atoms with E-state index in [9.17, 15) is 4.79 Å². The zero-order valence-electron chi connectivity index (χ0n) is 9.89. The highest BCUT2D eigenvalue weighted by atomic mass is 16.7. The molecule has 0 N–H and O–H groups in total. The van der Waals surface area contributed by atoms with Gasteiger partial charge in [0.15, 0.2) is 0 Å². The second kappa shape index (κ2) is 7.44. The molecule has 1 aromatic rings. The number of esters is 1. The highest BCUT2D eigenvalue weighted by Gasteiger charge is 2.14. The van der Waals surface area contributed by atoms with E-state index in [2.05, 4.69) is 12.3 Å². The van der Waals surface area contributed by atoms with E-state index in [1.807, 2.05) is 13.0 Å². The van der Waals surface area contributed by atoms with Crippen LogP contribution in [0.25, 0.3) is 0 Å². The molecular formula is C14H16O3. The predicted octanol–water partition coefficient (Wildman–Crippen LogP) is 2.94. The molecule has 0 heterocycles. The Bertz CT molecular complexity index is 391. The van der Waals surface area contributed by atoms with Crippen molar-refractivity contribution in [1.82, 2.24) is 0 Å². The van der Waals surface area contributed by atoms with Gasteiger partial charge in [0.05, 0.1) is 5.56 Å². The molecule has 17 heavy (non-hydrogen) atoms. The topological polar surface area (TPSA) is 35.5 Å². The quantitative estimate of drug-likeness (QED) is 0.430. The molecule has 0 amide bonds. The summed E-state index contributed by atoms with van der Waals surface area (Å²) in [4.78, 5) is 11.7. The Balaban J connectivity index is 2.60. The van der Waals surface area contributed by atoms with Crippen LogP contribution in [0.4, 0.5) is 0 Å². The summed E-state index contributed by atoms with van der Waals surface area (Å²) >= 11 is 0. The highest BCUT2D eigenvalue weighted by Crippen LogP contribution is 2.08. The lowest BCUT2D eigenvalue weighted by Gasteiger charge is -2.15. The molecule has 0 bridgehead atoms. The van der Waals surface area contributed by atoms with Crippen LogP contribution in [-0.4, -0.2) is 18.9 Å². The van der Waals surface area contributed by atoms with Crippen LogP contribution in [0.5, 0.6) is 0 Å². The van der Waals surface area contributed by atoms with Gasteiger partial charge in [-0.05, 0) is 25.1 Å². The molecular weight excluding hydrogens is 216 g/mol. The summed E-state index contributed by atoms with van der Waals surface area (Å²) in [6, 6.07) is 8.83. The zero-order valence-corrected chi connectivity index (χ0v) is 9.89. The van der Waals surface area contributed by atoms with Crippen LogP contribution in [0.15, 0.2) is 48.7 Å². The molecule has 0 aliphatic heterocycles. The summed E-state index contributed by atoms with van der Waals surface area (Å²) in [5, 5.41) is 0. The molecule has 0 aromatic heterocycles. The average Bonchev–Trinajstić information content (AvgIpc) is 2.37. The first kappa shape index (κ1) is 13.2. The third-order valence-corrected chi connectivity index (χ3v) is 2.06. The van der Waals surface area contributed by atoms with Crippen LogP contribution in [0, 0.1) is 0 Å². The summed E-state index contributed by atoms with van der Waals surface area (Å²) in [6.07, 6.45) is 1.55. The van der Waals surface area contributed by atoms with Crippen molar-refractivity contribution in [3.8, 4) is 0 Å². The second-order valence-corrected chi connectivity index (χ2v) is 3.30. The van der Waals surface area contributed by atoms with E-state index < -0.39 is 6.29 Å². The molecule has 0 saturated carbocycles. The van der Waals surface area contributed by atoms with Crippen molar-refractivity contribution in [3.05, 3.63) is 54.3 Å². The fraction of sp³-hybridized carbons (Fsp3) is 0.286. The molecule has 1 unspecified atom stereocenters. The molecule has 0 aliphatic carbocycles. The van der Waals surface area contributed by atoms with Gasteiger partial charge in [-0.3, -0.25) is 0 Å². The van der Waals surface area contributed by atoms with Gasteiger partial charge < -0.3 is 9.47 Å². The van der Waals surface area contributed by atoms with Crippen LogP contribution in [0.1, 0.15) is 23.7 Å². The minimum Gasteiger partial charge on any atom is -0.432 e. The zero-order chi connectivity index (χ0) is 12.5. The Morgan fingerprint density at radius 3 is 2.76 bits per heavy atom.